The molecule has 1 N–H and O–H groups in total. The lowest BCUT2D eigenvalue weighted by atomic mass is 9.80. The van der Waals surface area contributed by atoms with E-state index < -0.39 is 0 Å². The van der Waals surface area contributed by atoms with Crippen LogP contribution in [0.4, 0.5) is 0 Å². The first-order valence-corrected chi connectivity index (χ1v) is 7.60. The van der Waals surface area contributed by atoms with Gasteiger partial charge in [0.1, 0.15) is 0 Å². The molecule has 96 valence electrons. The number of rotatable bonds is 3. The highest BCUT2D eigenvalue weighted by atomic mass is 16.3. The van der Waals surface area contributed by atoms with Crippen LogP contribution in [0, 0.1) is 17.8 Å². The maximum Gasteiger partial charge on any atom is 0.0579 e. The summed E-state index contributed by atoms with van der Waals surface area (Å²) in [4.78, 5) is 0. The molecule has 4 atom stereocenters. The van der Waals surface area contributed by atoms with Gasteiger partial charge in [-0.25, -0.2) is 0 Å². The first kappa shape index (κ1) is 11.0. The lowest BCUT2D eigenvalue weighted by Gasteiger charge is -2.27. The zero-order chi connectivity index (χ0) is 12.1. The van der Waals surface area contributed by atoms with Gasteiger partial charge in [0.2, 0.25) is 0 Å². The molecule has 18 heavy (non-hydrogen) atoms. The SMILES string of the molecule is OC(CC1CCC1)C1C2CCc3ccccc3C21. The molecule has 2 saturated carbocycles. The van der Waals surface area contributed by atoms with E-state index >= 15 is 0 Å². The van der Waals surface area contributed by atoms with Crippen LogP contribution in [0.5, 0.6) is 0 Å². The van der Waals surface area contributed by atoms with Crippen LogP contribution in [0.1, 0.15) is 49.1 Å². The monoisotopic (exact) mass is 242 g/mol. The number of aliphatic hydroxyl groups excluding tert-OH is 1. The van der Waals surface area contributed by atoms with Gasteiger partial charge in [0.15, 0.2) is 0 Å². The minimum Gasteiger partial charge on any atom is -0.393 e. The lowest BCUT2D eigenvalue weighted by Crippen LogP contribution is -2.21. The fraction of sp³-hybridized carbons (Fsp3) is 0.647. The van der Waals surface area contributed by atoms with Crippen LogP contribution >= 0.6 is 0 Å². The van der Waals surface area contributed by atoms with Gasteiger partial charge in [-0.3, -0.25) is 0 Å². The van der Waals surface area contributed by atoms with E-state index in [4.69, 9.17) is 0 Å². The smallest absolute Gasteiger partial charge is 0.0579 e. The van der Waals surface area contributed by atoms with Crippen molar-refractivity contribution < 1.29 is 5.11 Å². The Morgan fingerprint density at radius 2 is 2.00 bits per heavy atom. The van der Waals surface area contributed by atoms with Crippen molar-refractivity contribution in [1.82, 2.24) is 0 Å². The van der Waals surface area contributed by atoms with Crippen molar-refractivity contribution in [2.24, 2.45) is 17.8 Å². The number of aryl methyl sites for hydroxylation is 1. The molecule has 0 aromatic heterocycles. The molecular weight excluding hydrogens is 220 g/mol. The quantitative estimate of drug-likeness (QED) is 0.860. The second-order valence-corrected chi connectivity index (χ2v) is 6.60. The Morgan fingerprint density at radius 3 is 2.78 bits per heavy atom. The van der Waals surface area contributed by atoms with Crippen molar-refractivity contribution in [3.63, 3.8) is 0 Å². The van der Waals surface area contributed by atoms with Gasteiger partial charge in [0.05, 0.1) is 6.10 Å². The molecular formula is C17H22O. The molecule has 0 heterocycles. The molecule has 0 spiro atoms. The fourth-order valence-electron chi connectivity index (χ4n) is 4.37. The van der Waals surface area contributed by atoms with Crippen molar-refractivity contribution in [3.8, 4) is 0 Å². The average Bonchev–Trinajstić information content (AvgIpc) is 3.08. The van der Waals surface area contributed by atoms with Gasteiger partial charge in [0, 0.05) is 0 Å². The molecule has 1 aromatic carbocycles. The maximum absolute atomic E-state index is 10.5. The van der Waals surface area contributed by atoms with Crippen LogP contribution in [0.25, 0.3) is 0 Å². The third kappa shape index (κ3) is 1.64. The Hall–Kier alpha value is -0.820. The molecule has 4 unspecified atom stereocenters. The summed E-state index contributed by atoms with van der Waals surface area (Å²) in [6.07, 6.45) is 7.66. The third-order valence-electron chi connectivity index (χ3n) is 5.63. The maximum atomic E-state index is 10.5. The largest absolute Gasteiger partial charge is 0.393 e. The van der Waals surface area contributed by atoms with Gasteiger partial charge in [-0.15, -0.1) is 0 Å². The van der Waals surface area contributed by atoms with E-state index in [2.05, 4.69) is 24.3 Å². The van der Waals surface area contributed by atoms with Crippen molar-refractivity contribution in [2.45, 2.75) is 50.5 Å². The van der Waals surface area contributed by atoms with E-state index in [9.17, 15) is 5.11 Å². The predicted molar refractivity (Wildman–Crippen MR) is 72.4 cm³/mol. The second-order valence-electron chi connectivity index (χ2n) is 6.60. The molecule has 0 bridgehead atoms. The van der Waals surface area contributed by atoms with Gasteiger partial charge in [-0.1, -0.05) is 43.5 Å². The molecule has 3 aliphatic rings. The molecule has 2 fully saturated rings. The average molecular weight is 242 g/mol. The Labute approximate surface area is 109 Å². The van der Waals surface area contributed by atoms with E-state index in [1.54, 1.807) is 5.56 Å². The van der Waals surface area contributed by atoms with E-state index in [1.807, 2.05) is 0 Å². The molecule has 3 aliphatic carbocycles. The Bertz CT molecular complexity index is 449. The number of hydrogen-bond donors (Lipinski definition) is 1. The van der Waals surface area contributed by atoms with E-state index in [0.29, 0.717) is 11.8 Å². The van der Waals surface area contributed by atoms with E-state index in [1.165, 1.54) is 37.7 Å². The van der Waals surface area contributed by atoms with Gasteiger partial charge in [-0.2, -0.15) is 0 Å². The molecule has 0 saturated heterocycles. The molecule has 0 aliphatic heterocycles. The van der Waals surface area contributed by atoms with Crippen LogP contribution in [0.3, 0.4) is 0 Å². The van der Waals surface area contributed by atoms with Crippen molar-refractivity contribution in [2.75, 3.05) is 0 Å². The van der Waals surface area contributed by atoms with Crippen LogP contribution < -0.4 is 0 Å². The van der Waals surface area contributed by atoms with Gasteiger partial charge >= 0.3 is 0 Å². The predicted octanol–water partition coefficient (Wildman–Crippen LogP) is 3.51. The number of hydrogen-bond acceptors (Lipinski definition) is 1. The second kappa shape index (κ2) is 4.09. The summed E-state index contributed by atoms with van der Waals surface area (Å²) in [5.74, 6) is 2.88. The number of aliphatic hydroxyl groups is 1. The van der Waals surface area contributed by atoms with Gasteiger partial charge < -0.3 is 5.11 Å². The summed E-state index contributed by atoms with van der Waals surface area (Å²) in [5, 5.41) is 10.5. The van der Waals surface area contributed by atoms with Crippen LogP contribution in [0.2, 0.25) is 0 Å². The van der Waals surface area contributed by atoms with E-state index in [0.717, 1.165) is 18.3 Å². The highest BCUT2D eigenvalue weighted by Gasteiger charge is 2.56. The van der Waals surface area contributed by atoms with Crippen molar-refractivity contribution in [1.29, 1.82) is 0 Å². The highest BCUT2D eigenvalue weighted by Crippen LogP contribution is 2.62. The molecule has 1 heteroatoms. The Balaban J connectivity index is 1.50. The topological polar surface area (TPSA) is 20.2 Å². The fourth-order valence-corrected chi connectivity index (χ4v) is 4.37. The summed E-state index contributed by atoms with van der Waals surface area (Å²) in [7, 11) is 0. The van der Waals surface area contributed by atoms with Crippen LogP contribution in [-0.2, 0) is 6.42 Å². The number of fused-ring (bicyclic) bond motifs is 3. The summed E-state index contributed by atoms with van der Waals surface area (Å²) in [6.45, 7) is 0. The summed E-state index contributed by atoms with van der Waals surface area (Å²) in [5.41, 5.74) is 3.09. The van der Waals surface area contributed by atoms with Crippen molar-refractivity contribution >= 4 is 0 Å². The van der Waals surface area contributed by atoms with Crippen molar-refractivity contribution in [3.05, 3.63) is 35.4 Å². The van der Waals surface area contributed by atoms with E-state index in [-0.39, 0.29) is 6.10 Å². The summed E-state index contributed by atoms with van der Waals surface area (Å²) in [6, 6.07) is 8.89. The highest BCUT2D eigenvalue weighted by molar-refractivity contribution is 5.39. The van der Waals surface area contributed by atoms with Gasteiger partial charge in [-0.05, 0) is 54.1 Å². The lowest BCUT2D eigenvalue weighted by molar-refractivity contribution is 0.0928. The zero-order valence-electron chi connectivity index (χ0n) is 10.9. The minimum atomic E-state index is -0.0311. The minimum absolute atomic E-state index is 0.0311. The first-order valence-electron chi connectivity index (χ1n) is 7.60. The van der Waals surface area contributed by atoms with Crippen LogP contribution in [0.15, 0.2) is 24.3 Å². The Morgan fingerprint density at radius 1 is 1.17 bits per heavy atom. The first-order chi connectivity index (χ1) is 8.84. The molecule has 0 radical (unpaired) electrons. The molecule has 0 amide bonds. The normalized spacial score (nSPS) is 35.3. The molecule has 4 rings (SSSR count). The zero-order valence-corrected chi connectivity index (χ0v) is 10.9. The molecule has 1 nitrogen and oxygen atoms in total. The number of benzene rings is 1. The summed E-state index contributed by atoms with van der Waals surface area (Å²) >= 11 is 0. The molecule has 1 aromatic rings. The van der Waals surface area contributed by atoms with Crippen LogP contribution in [-0.4, -0.2) is 11.2 Å². The standard InChI is InChI=1S/C17H22O/c18-15(10-11-4-3-5-11)17-14-9-8-12-6-1-2-7-13(12)16(14)17/h1-2,6-7,11,14-18H,3-5,8-10H2. The van der Waals surface area contributed by atoms with Gasteiger partial charge in [0.25, 0.3) is 0 Å². The third-order valence-corrected chi connectivity index (χ3v) is 5.63. The Kier molecular flexibility index (Phi) is 2.51. The summed E-state index contributed by atoms with van der Waals surface area (Å²) < 4.78 is 0.